The maximum absolute atomic E-state index is 12.1. The molecule has 2 heterocycles. The molecule has 0 aromatic carbocycles. The number of hydrogen-bond acceptors (Lipinski definition) is 4. The van der Waals surface area contributed by atoms with Gasteiger partial charge in [0.1, 0.15) is 12.1 Å². The van der Waals surface area contributed by atoms with Gasteiger partial charge in [-0.2, -0.15) is 0 Å². The van der Waals surface area contributed by atoms with Gasteiger partial charge in [-0.15, -0.1) is 0 Å². The molecule has 4 amide bonds. The van der Waals surface area contributed by atoms with Crippen molar-refractivity contribution in [1.82, 2.24) is 20.4 Å². The number of nitrogens with one attached hydrogen (secondary N) is 2. The van der Waals surface area contributed by atoms with E-state index in [0.717, 1.165) is 24.4 Å². The number of amides is 4. The molecule has 0 aromatic rings. The lowest BCUT2D eigenvalue weighted by molar-refractivity contribution is -0.138. The Morgan fingerprint density at radius 2 is 2.16 bits per heavy atom. The van der Waals surface area contributed by atoms with E-state index < -0.39 is 11.6 Å². The van der Waals surface area contributed by atoms with Gasteiger partial charge >= 0.3 is 6.03 Å². The lowest BCUT2D eigenvalue weighted by Crippen LogP contribution is -2.46. The molecule has 2 rings (SSSR count). The molecule has 0 unspecified atom stereocenters. The number of rotatable bonds is 3. The molecule has 2 saturated heterocycles. The van der Waals surface area contributed by atoms with E-state index in [-0.39, 0.29) is 24.4 Å². The van der Waals surface area contributed by atoms with Crippen molar-refractivity contribution in [2.45, 2.75) is 31.8 Å². The van der Waals surface area contributed by atoms with Crippen molar-refractivity contribution in [2.24, 2.45) is 0 Å². The minimum absolute atomic E-state index is 0.140. The van der Waals surface area contributed by atoms with Crippen LogP contribution in [0.2, 0.25) is 0 Å². The SMILES string of the molecule is CN(C(=O)CN1C(=O)NC(C)(C)C1=O)[C@@H]1CCNC1. The highest BCUT2D eigenvalue weighted by molar-refractivity contribution is 6.08. The molecule has 0 saturated carbocycles. The molecule has 19 heavy (non-hydrogen) atoms. The molecule has 0 aliphatic carbocycles. The van der Waals surface area contributed by atoms with E-state index in [1.165, 1.54) is 0 Å². The van der Waals surface area contributed by atoms with Crippen LogP contribution in [0.3, 0.4) is 0 Å². The van der Waals surface area contributed by atoms with E-state index in [4.69, 9.17) is 0 Å². The van der Waals surface area contributed by atoms with E-state index in [2.05, 4.69) is 10.6 Å². The predicted octanol–water partition coefficient (Wildman–Crippen LogP) is -0.863. The lowest BCUT2D eigenvalue weighted by atomic mass is 10.1. The van der Waals surface area contributed by atoms with Crippen LogP contribution < -0.4 is 10.6 Å². The van der Waals surface area contributed by atoms with Gasteiger partial charge in [-0.1, -0.05) is 0 Å². The molecule has 7 heteroatoms. The molecule has 2 fully saturated rings. The van der Waals surface area contributed by atoms with Crippen molar-refractivity contribution < 1.29 is 14.4 Å². The Labute approximate surface area is 112 Å². The summed E-state index contributed by atoms with van der Waals surface area (Å²) in [6, 6.07) is -0.359. The minimum Gasteiger partial charge on any atom is -0.340 e. The van der Waals surface area contributed by atoms with Crippen LogP contribution in [0.1, 0.15) is 20.3 Å². The second-order valence-corrected chi connectivity index (χ2v) is 5.60. The Balaban J connectivity index is 1.99. The second kappa shape index (κ2) is 4.80. The minimum atomic E-state index is -0.926. The fourth-order valence-electron chi connectivity index (χ4n) is 2.38. The summed E-state index contributed by atoms with van der Waals surface area (Å²) in [5, 5.41) is 5.74. The van der Waals surface area contributed by atoms with Gasteiger partial charge in [0.15, 0.2) is 0 Å². The fourth-order valence-corrected chi connectivity index (χ4v) is 2.38. The monoisotopic (exact) mass is 268 g/mol. The molecule has 1 atom stereocenters. The van der Waals surface area contributed by atoms with Crippen LogP contribution >= 0.6 is 0 Å². The van der Waals surface area contributed by atoms with Gasteiger partial charge < -0.3 is 15.5 Å². The number of carbonyl (C=O) groups is 3. The van der Waals surface area contributed by atoms with E-state index >= 15 is 0 Å². The zero-order valence-corrected chi connectivity index (χ0v) is 11.5. The van der Waals surface area contributed by atoms with Crippen LogP contribution in [0.4, 0.5) is 4.79 Å². The Hall–Kier alpha value is -1.63. The summed E-state index contributed by atoms with van der Waals surface area (Å²) in [5.74, 6) is -0.571. The topological polar surface area (TPSA) is 81.8 Å². The number of carbonyl (C=O) groups excluding carboxylic acids is 3. The van der Waals surface area contributed by atoms with Crippen molar-refractivity contribution >= 4 is 17.8 Å². The lowest BCUT2D eigenvalue weighted by Gasteiger charge is -2.25. The quantitative estimate of drug-likeness (QED) is 0.652. The molecule has 2 aliphatic rings. The Morgan fingerprint density at radius 1 is 1.47 bits per heavy atom. The first-order valence-electron chi connectivity index (χ1n) is 6.43. The number of nitrogens with zero attached hydrogens (tertiary/aromatic N) is 2. The first kappa shape index (κ1) is 13.8. The van der Waals surface area contributed by atoms with E-state index in [9.17, 15) is 14.4 Å². The summed E-state index contributed by atoms with van der Waals surface area (Å²) < 4.78 is 0. The Kier molecular flexibility index (Phi) is 3.49. The van der Waals surface area contributed by atoms with Crippen LogP contribution in [-0.2, 0) is 9.59 Å². The second-order valence-electron chi connectivity index (χ2n) is 5.60. The summed E-state index contributed by atoms with van der Waals surface area (Å²) in [6.07, 6.45) is 0.897. The van der Waals surface area contributed by atoms with Crippen LogP contribution in [0.15, 0.2) is 0 Å². The summed E-state index contributed by atoms with van der Waals surface area (Å²) >= 11 is 0. The summed E-state index contributed by atoms with van der Waals surface area (Å²) in [7, 11) is 1.71. The van der Waals surface area contributed by atoms with Crippen LogP contribution in [0.5, 0.6) is 0 Å². The number of urea groups is 1. The Bertz CT molecular complexity index is 415. The number of hydrogen-bond donors (Lipinski definition) is 2. The highest BCUT2D eigenvalue weighted by Crippen LogP contribution is 2.17. The highest BCUT2D eigenvalue weighted by Gasteiger charge is 2.45. The maximum Gasteiger partial charge on any atom is 0.325 e. The van der Waals surface area contributed by atoms with Gasteiger partial charge in [-0.05, 0) is 26.8 Å². The zero-order chi connectivity index (χ0) is 14.2. The predicted molar refractivity (Wildman–Crippen MR) is 68.4 cm³/mol. The van der Waals surface area contributed by atoms with Crippen molar-refractivity contribution in [3.05, 3.63) is 0 Å². The zero-order valence-electron chi connectivity index (χ0n) is 11.5. The average molecular weight is 268 g/mol. The third kappa shape index (κ3) is 2.56. The van der Waals surface area contributed by atoms with Gasteiger partial charge in [0.2, 0.25) is 5.91 Å². The maximum atomic E-state index is 12.1. The third-order valence-corrected chi connectivity index (χ3v) is 3.71. The van der Waals surface area contributed by atoms with Crippen LogP contribution in [0.25, 0.3) is 0 Å². The van der Waals surface area contributed by atoms with Gasteiger partial charge in [0, 0.05) is 19.6 Å². The summed E-state index contributed by atoms with van der Waals surface area (Å²) in [4.78, 5) is 38.4. The molecular weight excluding hydrogens is 248 g/mol. The highest BCUT2D eigenvalue weighted by atomic mass is 16.2. The van der Waals surface area contributed by atoms with E-state index in [1.807, 2.05) is 0 Å². The number of likely N-dealkylation sites (N-methyl/N-ethyl adjacent to an activating group) is 1. The van der Waals surface area contributed by atoms with Crippen molar-refractivity contribution in [3.8, 4) is 0 Å². The smallest absolute Gasteiger partial charge is 0.325 e. The van der Waals surface area contributed by atoms with Gasteiger partial charge in [-0.3, -0.25) is 14.5 Å². The van der Waals surface area contributed by atoms with Gasteiger partial charge in [0.25, 0.3) is 5.91 Å². The normalized spacial score (nSPS) is 25.6. The molecular formula is C12H20N4O3. The molecule has 7 nitrogen and oxygen atoms in total. The van der Waals surface area contributed by atoms with Crippen molar-refractivity contribution in [2.75, 3.05) is 26.7 Å². The van der Waals surface area contributed by atoms with E-state index in [1.54, 1.807) is 25.8 Å². The first-order chi connectivity index (χ1) is 8.83. The average Bonchev–Trinajstić information content (AvgIpc) is 2.91. The van der Waals surface area contributed by atoms with Crippen LogP contribution in [-0.4, -0.2) is 65.9 Å². The molecule has 0 bridgehead atoms. The molecule has 0 aromatic heterocycles. The third-order valence-electron chi connectivity index (χ3n) is 3.71. The van der Waals surface area contributed by atoms with Crippen molar-refractivity contribution in [1.29, 1.82) is 0 Å². The summed E-state index contributed by atoms with van der Waals surface area (Å²) in [5.41, 5.74) is -0.926. The van der Waals surface area contributed by atoms with Gasteiger partial charge in [-0.25, -0.2) is 4.79 Å². The van der Waals surface area contributed by atoms with Gasteiger partial charge in [0.05, 0.1) is 0 Å². The first-order valence-corrected chi connectivity index (χ1v) is 6.43. The molecule has 2 N–H and O–H groups in total. The van der Waals surface area contributed by atoms with Crippen LogP contribution in [0, 0.1) is 0 Å². The molecule has 106 valence electrons. The Morgan fingerprint density at radius 3 is 2.63 bits per heavy atom. The molecule has 2 aliphatic heterocycles. The standard InChI is InChI=1S/C12H20N4O3/c1-12(2)10(18)16(11(19)14-12)7-9(17)15(3)8-4-5-13-6-8/h8,13H,4-7H2,1-3H3,(H,14,19)/t8-/m1/s1. The fraction of sp³-hybridized carbons (Fsp3) is 0.750. The molecule has 0 spiro atoms. The number of imide groups is 1. The van der Waals surface area contributed by atoms with Crippen molar-refractivity contribution in [3.63, 3.8) is 0 Å². The molecule has 0 radical (unpaired) electrons. The van der Waals surface area contributed by atoms with E-state index in [0.29, 0.717) is 0 Å². The largest absolute Gasteiger partial charge is 0.340 e. The summed E-state index contributed by atoms with van der Waals surface area (Å²) in [6.45, 7) is 4.71.